The number of hydrogen-bond donors (Lipinski definition) is 1. The Hall–Kier alpha value is -0.120. The van der Waals surface area contributed by atoms with Crippen LogP contribution >= 0.6 is 0 Å². The highest BCUT2D eigenvalue weighted by molar-refractivity contribution is 4.76. The van der Waals surface area contributed by atoms with E-state index in [2.05, 4.69) is 17.1 Å². The highest BCUT2D eigenvalue weighted by Crippen LogP contribution is 2.16. The third kappa shape index (κ3) is 3.72. The molecule has 2 saturated heterocycles. The Kier molecular flexibility index (Phi) is 5.07. The van der Waals surface area contributed by atoms with Gasteiger partial charge in [0.05, 0.1) is 13.2 Å². The fourth-order valence-electron chi connectivity index (χ4n) is 2.79. The molecule has 2 fully saturated rings. The summed E-state index contributed by atoms with van der Waals surface area (Å²) >= 11 is 0. The molecule has 1 N–H and O–H groups in total. The number of ether oxygens (including phenoxy) is 1. The van der Waals surface area contributed by atoms with Crippen LogP contribution in [0.2, 0.25) is 0 Å². The molecule has 0 aromatic rings. The Morgan fingerprint density at radius 3 is 3.06 bits per heavy atom. The van der Waals surface area contributed by atoms with Crippen molar-refractivity contribution in [3.63, 3.8) is 0 Å². The van der Waals surface area contributed by atoms with Crippen LogP contribution in [0.25, 0.3) is 0 Å². The maximum atomic E-state index is 5.49. The van der Waals surface area contributed by atoms with Gasteiger partial charge in [-0.25, -0.2) is 0 Å². The minimum Gasteiger partial charge on any atom is -0.379 e. The van der Waals surface area contributed by atoms with Crippen molar-refractivity contribution in [2.75, 3.05) is 32.8 Å². The Balaban J connectivity index is 1.70. The molecule has 3 nitrogen and oxygen atoms in total. The Morgan fingerprint density at radius 2 is 2.25 bits per heavy atom. The van der Waals surface area contributed by atoms with Gasteiger partial charge in [0.1, 0.15) is 0 Å². The minimum absolute atomic E-state index is 0.587. The molecule has 0 amide bonds. The second-order valence-corrected chi connectivity index (χ2v) is 5.25. The van der Waals surface area contributed by atoms with Crippen LogP contribution in [0.15, 0.2) is 0 Å². The second-order valence-electron chi connectivity index (χ2n) is 5.25. The first kappa shape index (κ1) is 12.3. The first-order valence-corrected chi connectivity index (χ1v) is 6.91. The van der Waals surface area contributed by atoms with Gasteiger partial charge in [-0.15, -0.1) is 0 Å². The van der Waals surface area contributed by atoms with Gasteiger partial charge in [0.2, 0.25) is 0 Å². The standard InChI is InChI=1S/C13H26N2O/c1-12-5-3-2-4-8-15(12)9-6-13-11-16-10-7-14-13/h12-14H,2-11H2,1H3. The highest BCUT2D eigenvalue weighted by Gasteiger charge is 2.19. The molecule has 0 aromatic carbocycles. The predicted molar refractivity (Wildman–Crippen MR) is 66.7 cm³/mol. The molecule has 2 unspecified atom stereocenters. The molecule has 2 rings (SSSR count). The second kappa shape index (κ2) is 6.58. The van der Waals surface area contributed by atoms with Crippen molar-refractivity contribution < 1.29 is 4.74 Å². The van der Waals surface area contributed by atoms with E-state index in [1.807, 2.05) is 0 Å². The summed E-state index contributed by atoms with van der Waals surface area (Å²) in [6, 6.07) is 1.37. The maximum absolute atomic E-state index is 5.49. The number of morpholine rings is 1. The molecule has 16 heavy (non-hydrogen) atoms. The van der Waals surface area contributed by atoms with Gasteiger partial charge in [0, 0.05) is 18.6 Å². The summed E-state index contributed by atoms with van der Waals surface area (Å²) < 4.78 is 5.49. The Morgan fingerprint density at radius 1 is 1.31 bits per heavy atom. The van der Waals surface area contributed by atoms with Crippen molar-refractivity contribution in [3.8, 4) is 0 Å². The molecule has 0 aliphatic carbocycles. The van der Waals surface area contributed by atoms with E-state index in [1.165, 1.54) is 45.2 Å². The monoisotopic (exact) mass is 226 g/mol. The molecule has 0 aromatic heterocycles. The zero-order chi connectivity index (χ0) is 11.2. The van der Waals surface area contributed by atoms with E-state index in [4.69, 9.17) is 4.74 Å². The van der Waals surface area contributed by atoms with Gasteiger partial charge in [-0.3, -0.25) is 0 Å². The summed E-state index contributed by atoms with van der Waals surface area (Å²) in [7, 11) is 0. The zero-order valence-corrected chi connectivity index (χ0v) is 10.6. The number of nitrogens with one attached hydrogen (secondary N) is 1. The fourth-order valence-corrected chi connectivity index (χ4v) is 2.79. The van der Waals surface area contributed by atoms with Crippen molar-refractivity contribution in [3.05, 3.63) is 0 Å². The third-order valence-electron chi connectivity index (χ3n) is 3.95. The lowest BCUT2D eigenvalue weighted by Crippen LogP contribution is -2.44. The predicted octanol–water partition coefficient (Wildman–Crippen LogP) is 1.63. The molecule has 2 heterocycles. The average Bonchev–Trinajstić information content (AvgIpc) is 2.53. The van der Waals surface area contributed by atoms with Gasteiger partial charge >= 0.3 is 0 Å². The van der Waals surface area contributed by atoms with Gasteiger partial charge < -0.3 is 15.0 Å². The van der Waals surface area contributed by atoms with Crippen molar-refractivity contribution in [1.29, 1.82) is 0 Å². The SMILES string of the molecule is CC1CCCCCN1CCC1COCCN1. The van der Waals surface area contributed by atoms with Crippen molar-refractivity contribution in [2.45, 2.75) is 51.1 Å². The molecular weight excluding hydrogens is 200 g/mol. The van der Waals surface area contributed by atoms with Crippen molar-refractivity contribution >= 4 is 0 Å². The molecule has 2 atom stereocenters. The van der Waals surface area contributed by atoms with Crippen LogP contribution in [0.1, 0.15) is 39.0 Å². The van der Waals surface area contributed by atoms with Crippen LogP contribution in [0.4, 0.5) is 0 Å². The van der Waals surface area contributed by atoms with E-state index in [1.54, 1.807) is 0 Å². The van der Waals surface area contributed by atoms with E-state index in [-0.39, 0.29) is 0 Å². The van der Waals surface area contributed by atoms with Gasteiger partial charge in [-0.2, -0.15) is 0 Å². The van der Waals surface area contributed by atoms with Gasteiger partial charge in [-0.1, -0.05) is 12.8 Å². The van der Waals surface area contributed by atoms with E-state index in [0.717, 1.165) is 25.8 Å². The van der Waals surface area contributed by atoms with E-state index >= 15 is 0 Å². The molecule has 0 spiro atoms. The topological polar surface area (TPSA) is 24.5 Å². The summed E-state index contributed by atoms with van der Waals surface area (Å²) in [6.07, 6.45) is 6.85. The fraction of sp³-hybridized carbons (Fsp3) is 1.00. The molecule has 2 aliphatic rings. The Bertz CT molecular complexity index is 192. The molecule has 3 heteroatoms. The lowest BCUT2D eigenvalue weighted by atomic mass is 10.1. The van der Waals surface area contributed by atoms with Crippen molar-refractivity contribution in [2.24, 2.45) is 0 Å². The summed E-state index contributed by atoms with van der Waals surface area (Å²) in [4.78, 5) is 2.67. The summed E-state index contributed by atoms with van der Waals surface area (Å²) in [5, 5.41) is 3.54. The summed E-state index contributed by atoms with van der Waals surface area (Å²) in [6.45, 7) is 7.74. The molecule has 0 bridgehead atoms. The van der Waals surface area contributed by atoms with Crippen molar-refractivity contribution in [1.82, 2.24) is 10.2 Å². The van der Waals surface area contributed by atoms with Gasteiger partial charge in [-0.05, 0) is 39.3 Å². The average molecular weight is 226 g/mol. The van der Waals surface area contributed by atoms with Crippen LogP contribution in [0.5, 0.6) is 0 Å². The Labute approximate surface area is 99.5 Å². The molecule has 94 valence electrons. The summed E-state index contributed by atoms with van der Waals surface area (Å²) in [5.41, 5.74) is 0. The van der Waals surface area contributed by atoms with Crippen LogP contribution in [0.3, 0.4) is 0 Å². The smallest absolute Gasteiger partial charge is 0.0620 e. The lowest BCUT2D eigenvalue weighted by molar-refractivity contribution is 0.0679. The molecule has 0 saturated carbocycles. The molecular formula is C13H26N2O. The number of likely N-dealkylation sites (tertiary alicyclic amines) is 1. The van der Waals surface area contributed by atoms with E-state index in [9.17, 15) is 0 Å². The lowest BCUT2D eigenvalue weighted by Gasteiger charge is -2.30. The van der Waals surface area contributed by atoms with E-state index in [0.29, 0.717) is 6.04 Å². The first-order valence-electron chi connectivity index (χ1n) is 6.91. The number of hydrogen-bond acceptors (Lipinski definition) is 3. The molecule has 0 radical (unpaired) electrons. The summed E-state index contributed by atoms with van der Waals surface area (Å²) in [5.74, 6) is 0. The van der Waals surface area contributed by atoms with Crippen LogP contribution in [-0.4, -0.2) is 49.8 Å². The number of nitrogens with zero attached hydrogens (tertiary/aromatic N) is 1. The zero-order valence-electron chi connectivity index (χ0n) is 10.6. The van der Waals surface area contributed by atoms with Crippen LogP contribution < -0.4 is 5.32 Å². The van der Waals surface area contributed by atoms with Gasteiger partial charge in [0.15, 0.2) is 0 Å². The minimum atomic E-state index is 0.587. The van der Waals surface area contributed by atoms with Gasteiger partial charge in [0.25, 0.3) is 0 Å². The third-order valence-corrected chi connectivity index (χ3v) is 3.95. The first-order chi connectivity index (χ1) is 7.86. The maximum Gasteiger partial charge on any atom is 0.0620 e. The largest absolute Gasteiger partial charge is 0.379 e. The number of rotatable bonds is 3. The normalized spacial score (nSPS) is 33.6. The van der Waals surface area contributed by atoms with Crippen LogP contribution in [0, 0.1) is 0 Å². The quantitative estimate of drug-likeness (QED) is 0.791. The molecule has 2 aliphatic heterocycles. The van der Waals surface area contributed by atoms with Crippen LogP contribution in [-0.2, 0) is 4.74 Å². The highest BCUT2D eigenvalue weighted by atomic mass is 16.5. The van der Waals surface area contributed by atoms with E-state index < -0.39 is 0 Å².